The third kappa shape index (κ3) is 4.32. The number of nitrogens with zero attached hydrogens (tertiary/aromatic N) is 3. The number of carbonyl (C=O) groups excluding carboxylic acids is 2. The monoisotopic (exact) mass is 414 g/mol. The fourth-order valence-electron chi connectivity index (χ4n) is 3.56. The van der Waals surface area contributed by atoms with Crippen LogP contribution >= 0.6 is 11.8 Å². The maximum Gasteiger partial charge on any atom is 0.249 e. The van der Waals surface area contributed by atoms with Crippen molar-refractivity contribution in [1.82, 2.24) is 15.5 Å². The van der Waals surface area contributed by atoms with Gasteiger partial charge in [-0.3, -0.25) is 9.59 Å². The average molecular weight is 415 g/mol. The Bertz CT molecular complexity index is 892. The van der Waals surface area contributed by atoms with Crippen LogP contribution in [0.1, 0.15) is 56.8 Å². The number of hydrogen-bond acceptors (Lipinski definition) is 6. The van der Waals surface area contributed by atoms with E-state index in [0.29, 0.717) is 18.4 Å². The van der Waals surface area contributed by atoms with Gasteiger partial charge in [-0.15, -0.1) is 11.8 Å². The molecule has 4 rings (SSSR count). The van der Waals surface area contributed by atoms with Crippen molar-refractivity contribution >= 4 is 29.3 Å². The van der Waals surface area contributed by atoms with Gasteiger partial charge in [-0.05, 0) is 49.3 Å². The zero-order chi connectivity index (χ0) is 20.5. The van der Waals surface area contributed by atoms with Crippen LogP contribution in [0.25, 0.3) is 0 Å². The molecule has 2 unspecified atom stereocenters. The second-order valence-corrected chi connectivity index (χ2v) is 8.98. The number of anilines is 1. The van der Waals surface area contributed by atoms with Gasteiger partial charge >= 0.3 is 0 Å². The first-order valence-corrected chi connectivity index (χ1v) is 11.3. The van der Waals surface area contributed by atoms with Crippen LogP contribution in [-0.4, -0.2) is 34.8 Å². The van der Waals surface area contributed by atoms with Crippen LogP contribution in [0.15, 0.2) is 33.7 Å². The van der Waals surface area contributed by atoms with E-state index in [0.717, 1.165) is 29.2 Å². The zero-order valence-corrected chi connectivity index (χ0v) is 17.7. The molecular weight excluding hydrogens is 388 g/mol. The van der Waals surface area contributed by atoms with E-state index in [1.165, 1.54) is 0 Å². The summed E-state index contributed by atoms with van der Waals surface area (Å²) in [5, 5.41) is 7.10. The summed E-state index contributed by atoms with van der Waals surface area (Å²) >= 11 is 1.65. The van der Waals surface area contributed by atoms with Crippen molar-refractivity contribution in [3.63, 3.8) is 0 Å². The number of nitrogens with one attached hydrogen (secondary N) is 1. The molecule has 1 aromatic heterocycles. The van der Waals surface area contributed by atoms with E-state index in [2.05, 4.69) is 15.5 Å². The molecule has 2 fully saturated rings. The van der Waals surface area contributed by atoms with E-state index in [1.54, 1.807) is 16.7 Å². The lowest BCUT2D eigenvalue weighted by molar-refractivity contribution is -0.127. The zero-order valence-electron chi connectivity index (χ0n) is 16.9. The van der Waals surface area contributed by atoms with E-state index >= 15 is 0 Å². The summed E-state index contributed by atoms with van der Waals surface area (Å²) in [6, 6.07) is 7.48. The first-order chi connectivity index (χ1) is 14.0. The number of hydrogen-bond donors (Lipinski definition) is 1. The maximum absolute atomic E-state index is 12.9. The molecule has 1 N–H and O–H groups in total. The average Bonchev–Trinajstić information content (AvgIpc) is 3.32. The molecule has 1 aromatic carbocycles. The minimum atomic E-state index is -0.394. The Morgan fingerprint density at radius 2 is 2.00 bits per heavy atom. The van der Waals surface area contributed by atoms with Crippen LogP contribution in [0.2, 0.25) is 0 Å². The molecule has 2 atom stereocenters. The Hall–Kier alpha value is -2.35. The summed E-state index contributed by atoms with van der Waals surface area (Å²) in [6.45, 7) is 4.39. The van der Waals surface area contributed by atoms with Gasteiger partial charge in [0.1, 0.15) is 6.04 Å². The number of amides is 2. The number of aromatic nitrogens is 2. The highest BCUT2D eigenvalue weighted by atomic mass is 32.2. The van der Waals surface area contributed by atoms with Gasteiger partial charge in [0.2, 0.25) is 17.7 Å². The molecule has 0 bridgehead atoms. The summed E-state index contributed by atoms with van der Waals surface area (Å²) in [4.78, 5) is 32.8. The largest absolute Gasteiger partial charge is 0.344 e. The number of rotatable bonds is 7. The fourth-order valence-corrected chi connectivity index (χ4v) is 3.97. The van der Waals surface area contributed by atoms with Gasteiger partial charge in [-0.2, -0.15) is 4.98 Å². The lowest BCUT2D eigenvalue weighted by atomic mass is 10.0. The highest BCUT2D eigenvalue weighted by Crippen LogP contribution is 2.39. The minimum Gasteiger partial charge on any atom is -0.344 e. The molecule has 8 heteroatoms. The summed E-state index contributed by atoms with van der Waals surface area (Å²) < 4.78 is 5.43. The van der Waals surface area contributed by atoms with Crippen molar-refractivity contribution in [2.75, 3.05) is 17.7 Å². The summed E-state index contributed by atoms with van der Waals surface area (Å²) in [6.07, 6.45) is 4.40. The molecule has 7 nitrogen and oxygen atoms in total. The maximum atomic E-state index is 12.9. The Balaban J connectivity index is 1.43. The second kappa shape index (κ2) is 8.18. The molecule has 2 amide bonds. The Morgan fingerprint density at radius 1 is 1.28 bits per heavy atom. The van der Waals surface area contributed by atoms with Crippen molar-refractivity contribution in [2.45, 2.75) is 50.0 Å². The molecule has 2 heterocycles. The molecular formula is C21H26N4O3S. The highest BCUT2D eigenvalue weighted by Gasteiger charge is 2.37. The lowest BCUT2D eigenvalue weighted by Gasteiger charge is -2.21. The number of thioether (sulfide) groups is 1. The summed E-state index contributed by atoms with van der Waals surface area (Å²) in [7, 11) is 0. The molecule has 1 saturated carbocycles. The third-order valence-electron chi connectivity index (χ3n) is 5.51. The molecule has 1 aliphatic heterocycles. The van der Waals surface area contributed by atoms with Gasteiger partial charge in [0.05, 0.1) is 5.92 Å². The molecule has 2 aliphatic rings. The molecule has 1 aliphatic carbocycles. The minimum absolute atomic E-state index is 0.0306. The van der Waals surface area contributed by atoms with Crippen LogP contribution in [0.3, 0.4) is 0 Å². The Morgan fingerprint density at radius 3 is 2.62 bits per heavy atom. The Kier molecular flexibility index (Phi) is 5.63. The molecule has 1 saturated heterocycles. The molecule has 2 aromatic rings. The summed E-state index contributed by atoms with van der Waals surface area (Å²) in [5.41, 5.74) is 0.828. The second-order valence-electron chi connectivity index (χ2n) is 8.10. The van der Waals surface area contributed by atoms with Crippen LogP contribution < -0.4 is 10.2 Å². The highest BCUT2D eigenvalue weighted by molar-refractivity contribution is 7.98. The van der Waals surface area contributed by atoms with E-state index in [4.69, 9.17) is 4.52 Å². The SMILES string of the molecule is CSc1ccc(N2CC(C(=O)NC(c3nc(C4CC4)no3)C(C)C)CC2=O)cc1. The standard InChI is InChI=1S/C21H26N4O3S/c1-12(2)18(21-23-19(24-28-21)13-4-5-13)22-20(27)14-10-17(26)25(11-14)15-6-8-16(29-3)9-7-15/h6-9,12-14,18H,4-5,10-11H2,1-3H3,(H,22,27). The van der Waals surface area contributed by atoms with E-state index in [-0.39, 0.29) is 30.2 Å². The molecule has 29 heavy (non-hydrogen) atoms. The van der Waals surface area contributed by atoms with Crippen LogP contribution in [0.4, 0.5) is 5.69 Å². The molecule has 0 spiro atoms. The van der Waals surface area contributed by atoms with Crippen LogP contribution in [0, 0.1) is 11.8 Å². The van der Waals surface area contributed by atoms with Crippen molar-refractivity contribution in [3.8, 4) is 0 Å². The van der Waals surface area contributed by atoms with Gasteiger partial charge in [0, 0.05) is 29.5 Å². The molecule has 0 radical (unpaired) electrons. The normalized spacial score (nSPS) is 20.3. The summed E-state index contributed by atoms with van der Waals surface area (Å²) in [5.74, 6) is 1.10. The fraction of sp³-hybridized carbons (Fsp3) is 0.524. The Labute approximate surface area is 174 Å². The predicted octanol–water partition coefficient (Wildman–Crippen LogP) is 3.54. The van der Waals surface area contributed by atoms with Crippen LogP contribution in [-0.2, 0) is 9.59 Å². The number of carbonyl (C=O) groups is 2. The van der Waals surface area contributed by atoms with Crippen molar-refractivity contribution in [2.24, 2.45) is 11.8 Å². The quantitative estimate of drug-likeness (QED) is 0.697. The van der Waals surface area contributed by atoms with Gasteiger partial charge in [0.25, 0.3) is 0 Å². The van der Waals surface area contributed by atoms with E-state index in [9.17, 15) is 9.59 Å². The first-order valence-electron chi connectivity index (χ1n) is 10.0. The first kappa shape index (κ1) is 19.9. The molecule has 154 valence electrons. The topological polar surface area (TPSA) is 88.3 Å². The lowest BCUT2D eigenvalue weighted by Crippen LogP contribution is -2.37. The van der Waals surface area contributed by atoms with Crippen molar-refractivity contribution in [3.05, 3.63) is 36.0 Å². The van der Waals surface area contributed by atoms with E-state index in [1.807, 2.05) is 44.4 Å². The van der Waals surface area contributed by atoms with Crippen LogP contribution in [0.5, 0.6) is 0 Å². The third-order valence-corrected chi connectivity index (χ3v) is 6.25. The van der Waals surface area contributed by atoms with Gasteiger partial charge in [-0.1, -0.05) is 19.0 Å². The number of benzene rings is 1. The van der Waals surface area contributed by atoms with E-state index < -0.39 is 5.92 Å². The van der Waals surface area contributed by atoms with Gasteiger partial charge in [-0.25, -0.2) is 0 Å². The van der Waals surface area contributed by atoms with Gasteiger partial charge < -0.3 is 14.7 Å². The van der Waals surface area contributed by atoms with Crippen molar-refractivity contribution < 1.29 is 14.1 Å². The van der Waals surface area contributed by atoms with Crippen molar-refractivity contribution in [1.29, 1.82) is 0 Å². The predicted molar refractivity (Wildman–Crippen MR) is 111 cm³/mol. The van der Waals surface area contributed by atoms with Gasteiger partial charge in [0.15, 0.2) is 5.82 Å². The smallest absolute Gasteiger partial charge is 0.249 e.